The Morgan fingerprint density at radius 1 is 1.37 bits per heavy atom. The molecular weight excluding hydrogens is 242 g/mol. The van der Waals surface area contributed by atoms with E-state index in [4.69, 9.17) is 5.73 Å². The van der Waals surface area contributed by atoms with Crippen molar-refractivity contribution < 1.29 is 0 Å². The third-order valence-corrected chi connectivity index (χ3v) is 3.36. The molecule has 2 aromatic rings. The Bertz CT molecular complexity index is 601. The molecule has 1 atom stereocenters. The summed E-state index contributed by atoms with van der Waals surface area (Å²) < 4.78 is 2.00. The zero-order valence-corrected chi connectivity index (χ0v) is 11.5. The summed E-state index contributed by atoms with van der Waals surface area (Å²) >= 11 is 0. The number of rotatable bonds is 6. The Labute approximate surface area is 112 Å². The third kappa shape index (κ3) is 2.77. The van der Waals surface area contributed by atoms with E-state index in [1.807, 2.05) is 4.57 Å². The lowest BCUT2D eigenvalue weighted by molar-refractivity contribution is 0.424. The fourth-order valence-electron chi connectivity index (χ4n) is 2.41. The van der Waals surface area contributed by atoms with Gasteiger partial charge in [-0.05, 0) is 12.8 Å². The Hall–Kier alpha value is -1.85. The molecule has 0 radical (unpaired) electrons. The minimum atomic E-state index is -0.271. The van der Waals surface area contributed by atoms with Crippen LogP contribution in [-0.2, 0) is 0 Å². The lowest BCUT2D eigenvalue weighted by Gasteiger charge is -2.18. The number of fused-ring (bicyclic) bond motifs is 1. The maximum Gasteiger partial charge on any atom is 0.280 e. The first-order valence-electron chi connectivity index (χ1n) is 6.89. The van der Waals surface area contributed by atoms with Gasteiger partial charge in [-0.25, -0.2) is 4.98 Å². The predicted molar refractivity (Wildman–Crippen MR) is 76.0 cm³/mol. The molecule has 2 rings (SSSR count). The average Bonchev–Trinajstić information content (AvgIpc) is 2.78. The molecule has 0 saturated heterocycles. The van der Waals surface area contributed by atoms with Gasteiger partial charge in [0.2, 0.25) is 5.95 Å². The maximum absolute atomic E-state index is 11.8. The van der Waals surface area contributed by atoms with Crippen LogP contribution in [0.1, 0.15) is 52.0 Å². The molecule has 0 fully saturated rings. The summed E-state index contributed by atoms with van der Waals surface area (Å²) in [5.41, 5.74) is 6.31. The number of aromatic amines is 1. The molecule has 19 heavy (non-hydrogen) atoms. The van der Waals surface area contributed by atoms with E-state index >= 15 is 0 Å². The molecule has 0 saturated carbocycles. The fourth-order valence-corrected chi connectivity index (χ4v) is 2.41. The van der Waals surface area contributed by atoms with Crippen molar-refractivity contribution >= 4 is 17.1 Å². The number of nitrogens with two attached hydrogens (primary N) is 1. The van der Waals surface area contributed by atoms with Crippen LogP contribution in [0.5, 0.6) is 0 Å². The van der Waals surface area contributed by atoms with Crippen LogP contribution >= 0.6 is 0 Å². The molecule has 0 spiro atoms. The number of H-pyrrole nitrogens is 1. The second kappa shape index (κ2) is 5.86. The summed E-state index contributed by atoms with van der Waals surface area (Å²) in [5.74, 6) is 0.144. The van der Waals surface area contributed by atoms with Crippen molar-refractivity contribution in [3.8, 4) is 0 Å². The van der Waals surface area contributed by atoms with Crippen LogP contribution in [0.25, 0.3) is 11.2 Å². The fraction of sp³-hybridized carbons (Fsp3) is 0.615. The van der Waals surface area contributed by atoms with Gasteiger partial charge in [0.05, 0.1) is 6.33 Å². The highest BCUT2D eigenvalue weighted by Crippen LogP contribution is 2.23. The average molecular weight is 263 g/mol. The summed E-state index contributed by atoms with van der Waals surface area (Å²) in [6.45, 7) is 4.34. The maximum atomic E-state index is 11.8. The van der Waals surface area contributed by atoms with Gasteiger partial charge >= 0.3 is 0 Å². The highest BCUT2D eigenvalue weighted by molar-refractivity contribution is 5.70. The van der Waals surface area contributed by atoms with Crippen molar-refractivity contribution in [2.24, 2.45) is 0 Å². The largest absolute Gasteiger partial charge is 0.369 e. The minimum Gasteiger partial charge on any atom is -0.369 e. The lowest BCUT2D eigenvalue weighted by atomic mass is 10.1. The predicted octanol–water partition coefficient (Wildman–Crippen LogP) is 2.23. The van der Waals surface area contributed by atoms with Gasteiger partial charge in [0.1, 0.15) is 0 Å². The van der Waals surface area contributed by atoms with Crippen LogP contribution in [0.4, 0.5) is 5.95 Å². The molecule has 2 heterocycles. The Balaban J connectivity index is 2.44. The van der Waals surface area contributed by atoms with Crippen LogP contribution in [0, 0.1) is 0 Å². The molecule has 3 N–H and O–H groups in total. The zero-order chi connectivity index (χ0) is 13.8. The number of nitrogen functional groups attached to an aromatic ring is 1. The second-order valence-corrected chi connectivity index (χ2v) is 4.86. The molecule has 0 amide bonds. The monoisotopic (exact) mass is 263 g/mol. The van der Waals surface area contributed by atoms with E-state index in [-0.39, 0.29) is 11.5 Å². The van der Waals surface area contributed by atoms with E-state index in [0.717, 1.165) is 32.1 Å². The van der Waals surface area contributed by atoms with E-state index in [2.05, 4.69) is 28.8 Å². The van der Waals surface area contributed by atoms with Crippen LogP contribution in [0.15, 0.2) is 11.1 Å². The topological polar surface area (TPSA) is 89.6 Å². The van der Waals surface area contributed by atoms with Crippen molar-refractivity contribution in [1.82, 2.24) is 19.5 Å². The molecule has 6 heteroatoms. The second-order valence-electron chi connectivity index (χ2n) is 4.86. The minimum absolute atomic E-state index is 0.144. The van der Waals surface area contributed by atoms with Crippen LogP contribution in [0.2, 0.25) is 0 Å². The van der Waals surface area contributed by atoms with E-state index in [0.29, 0.717) is 17.2 Å². The van der Waals surface area contributed by atoms with Gasteiger partial charge in [-0.15, -0.1) is 0 Å². The van der Waals surface area contributed by atoms with Crippen molar-refractivity contribution in [2.45, 2.75) is 52.0 Å². The van der Waals surface area contributed by atoms with Crippen molar-refractivity contribution in [3.05, 3.63) is 16.7 Å². The SMILES string of the molecule is CCCCC(CCC)n1cnc2c(=O)[nH]c(N)nc21. The number of imidazole rings is 1. The molecule has 0 bridgehead atoms. The van der Waals surface area contributed by atoms with Crippen LogP contribution < -0.4 is 11.3 Å². The first kappa shape index (κ1) is 13.6. The van der Waals surface area contributed by atoms with Crippen molar-refractivity contribution in [1.29, 1.82) is 0 Å². The van der Waals surface area contributed by atoms with E-state index in [9.17, 15) is 4.79 Å². The molecule has 6 nitrogen and oxygen atoms in total. The molecule has 0 aliphatic carbocycles. The normalized spacial score (nSPS) is 12.9. The van der Waals surface area contributed by atoms with Gasteiger partial charge in [-0.3, -0.25) is 9.78 Å². The van der Waals surface area contributed by atoms with Crippen molar-refractivity contribution in [2.75, 3.05) is 5.73 Å². The summed E-state index contributed by atoms with van der Waals surface area (Å²) in [7, 11) is 0. The molecule has 0 aliphatic rings. The smallest absolute Gasteiger partial charge is 0.280 e. The zero-order valence-electron chi connectivity index (χ0n) is 11.5. The Morgan fingerprint density at radius 2 is 2.16 bits per heavy atom. The summed E-state index contributed by atoms with van der Waals surface area (Å²) in [6, 6.07) is 0.337. The number of nitrogens with zero attached hydrogens (tertiary/aromatic N) is 3. The Kier molecular flexibility index (Phi) is 4.19. The van der Waals surface area contributed by atoms with Crippen LogP contribution in [0.3, 0.4) is 0 Å². The van der Waals surface area contributed by atoms with Gasteiger partial charge in [0.25, 0.3) is 5.56 Å². The first-order valence-corrected chi connectivity index (χ1v) is 6.89. The van der Waals surface area contributed by atoms with Gasteiger partial charge in [0, 0.05) is 6.04 Å². The summed E-state index contributed by atoms with van der Waals surface area (Å²) in [6.07, 6.45) is 7.24. The van der Waals surface area contributed by atoms with Crippen molar-refractivity contribution in [3.63, 3.8) is 0 Å². The number of anilines is 1. The third-order valence-electron chi connectivity index (χ3n) is 3.36. The van der Waals surface area contributed by atoms with Gasteiger partial charge in [-0.2, -0.15) is 4.98 Å². The summed E-state index contributed by atoms with van der Waals surface area (Å²) in [5, 5.41) is 0. The van der Waals surface area contributed by atoms with Gasteiger partial charge in [0.15, 0.2) is 11.2 Å². The highest BCUT2D eigenvalue weighted by Gasteiger charge is 2.16. The van der Waals surface area contributed by atoms with E-state index in [1.165, 1.54) is 0 Å². The number of hydrogen-bond acceptors (Lipinski definition) is 4. The number of aromatic nitrogens is 4. The number of nitrogens with one attached hydrogen (secondary N) is 1. The first-order chi connectivity index (χ1) is 9.17. The highest BCUT2D eigenvalue weighted by atomic mass is 16.1. The molecule has 0 aromatic carbocycles. The molecule has 104 valence electrons. The molecule has 0 aliphatic heterocycles. The molecule has 1 unspecified atom stereocenters. The number of hydrogen-bond donors (Lipinski definition) is 2. The van der Waals surface area contributed by atoms with Gasteiger partial charge < -0.3 is 10.3 Å². The molecular formula is C13H21N5O. The van der Waals surface area contributed by atoms with E-state index in [1.54, 1.807) is 6.33 Å². The Morgan fingerprint density at radius 3 is 2.84 bits per heavy atom. The molecule has 2 aromatic heterocycles. The van der Waals surface area contributed by atoms with E-state index < -0.39 is 0 Å². The quantitative estimate of drug-likeness (QED) is 0.836. The standard InChI is InChI=1S/C13H21N5O/c1-3-5-7-9(6-4-2)18-8-15-10-11(18)16-13(14)17-12(10)19/h8-9H,3-7H2,1-2H3,(H3,14,16,17,19). The summed E-state index contributed by atoms with van der Waals surface area (Å²) in [4.78, 5) is 22.6. The van der Waals surface area contributed by atoms with Crippen LogP contribution in [-0.4, -0.2) is 19.5 Å². The van der Waals surface area contributed by atoms with Gasteiger partial charge in [-0.1, -0.05) is 33.1 Å². The lowest BCUT2D eigenvalue weighted by Crippen LogP contribution is -2.14. The number of unbranched alkanes of at least 4 members (excludes halogenated alkanes) is 1.